The summed E-state index contributed by atoms with van der Waals surface area (Å²) >= 11 is 1.54. The summed E-state index contributed by atoms with van der Waals surface area (Å²) in [4.78, 5) is 26.3. The summed E-state index contributed by atoms with van der Waals surface area (Å²) in [5.41, 5.74) is 7.67. The van der Waals surface area contributed by atoms with Crippen LogP contribution in [0.4, 0.5) is 0 Å². The van der Waals surface area contributed by atoms with E-state index in [0.717, 1.165) is 16.9 Å². The number of carbonyl (C=O) groups is 2. The monoisotopic (exact) mass is 408 g/mol. The van der Waals surface area contributed by atoms with E-state index in [2.05, 4.69) is 6.58 Å². The number of nitrogens with two attached hydrogens (primary N) is 1. The average molecular weight is 409 g/mol. The minimum Gasteiger partial charge on any atom is -0.497 e. The summed E-state index contributed by atoms with van der Waals surface area (Å²) in [5, 5.41) is -0.216. The lowest BCUT2D eigenvalue weighted by molar-refractivity contribution is -0.151. The topological polar surface area (TPSA) is 81.9 Å². The van der Waals surface area contributed by atoms with E-state index in [1.165, 1.54) is 16.7 Å². The number of β-lactam (4-membered cyclic amide) rings is 1. The van der Waals surface area contributed by atoms with E-state index >= 15 is 0 Å². The molecule has 0 aliphatic carbocycles. The number of fused-ring (bicyclic) bond motifs is 1. The molecule has 1 fully saturated rings. The molecule has 0 spiro atoms. The van der Waals surface area contributed by atoms with Crippen LogP contribution >= 0.6 is 24.2 Å². The number of hydrogen-bond acceptors (Lipinski definition) is 6. The van der Waals surface area contributed by atoms with Gasteiger partial charge in [0, 0.05) is 5.75 Å². The van der Waals surface area contributed by atoms with Crippen molar-refractivity contribution in [3.8, 4) is 5.75 Å². The molecule has 144 valence electrons. The van der Waals surface area contributed by atoms with Gasteiger partial charge in [-0.1, -0.05) is 36.9 Å². The van der Waals surface area contributed by atoms with Crippen molar-refractivity contribution < 1.29 is 19.1 Å². The molecule has 0 aromatic heterocycles. The Labute approximate surface area is 168 Å². The SMILES string of the molecule is C=C/C=C/C1=C(C(=O)OCc2ccc(OC)cc2)N2C(=O)[C@@H](N)[C@@H]2SC1.Cl. The van der Waals surface area contributed by atoms with E-state index in [1.807, 2.05) is 12.1 Å². The predicted octanol–water partition coefficient (Wildman–Crippen LogP) is 2.40. The Hall–Kier alpha value is -2.22. The lowest BCUT2D eigenvalue weighted by Crippen LogP contribution is -2.68. The number of allylic oxidation sites excluding steroid dienone is 3. The fraction of sp³-hybridized carbons (Fsp3) is 0.263. The predicted molar refractivity (Wildman–Crippen MR) is 107 cm³/mol. The molecule has 2 aliphatic rings. The van der Waals surface area contributed by atoms with Crippen LogP contribution < -0.4 is 10.5 Å². The van der Waals surface area contributed by atoms with Crippen LogP contribution in [-0.4, -0.2) is 41.1 Å². The molecule has 2 aliphatic heterocycles. The first-order valence-electron chi connectivity index (χ1n) is 8.09. The van der Waals surface area contributed by atoms with Crippen LogP contribution in [0.15, 0.2) is 60.3 Å². The van der Waals surface area contributed by atoms with Gasteiger partial charge in [-0.3, -0.25) is 9.69 Å². The van der Waals surface area contributed by atoms with Crippen LogP contribution in [0.3, 0.4) is 0 Å². The summed E-state index contributed by atoms with van der Waals surface area (Å²) in [6.07, 6.45) is 5.13. The van der Waals surface area contributed by atoms with Gasteiger partial charge in [0.25, 0.3) is 0 Å². The third-order valence-corrected chi connectivity index (χ3v) is 5.52. The molecule has 0 saturated carbocycles. The van der Waals surface area contributed by atoms with Gasteiger partial charge in [0.15, 0.2) is 0 Å². The second-order valence-corrected chi connectivity index (χ2v) is 6.93. The summed E-state index contributed by atoms with van der Waals surface area (Å²) in [6, 6.07) is 6.67. The first-order valence-corrected chi connectivity index (χ1v) is 9.14. The molecular weight excluding hydrogens is 388 g/mol. The molecule has 2 atom stereocenters. The largest absolute Gasteiger partial charge is 0.497 e. The lowest BCUT2D eigenvalue weighted by atomic mass is 10.0. The smallest absolute Gasteiger partial charge is 0.355 e. The number of methoxy groups -OCH3 is 1. The Morgan fingerprint density at radius 2 is 2.11 bits per heavy atom. The van der Waals surface area contributed by atoms with Crippen LogP contribution in [-0.2, 0) is 20.9 Å². The van der Waals surface area contributed by atoms with E-state index < -0.39 is 12.0 Å². The number of rotatable bonds is 6. The van der Waals surface area contributed by atoms with Crippen LogP contribution in [0.25, 0.3) is 0 Å². The van der Waals surface area contributed by atoms with Gasteiger partial charge in [-0.25, -0.2) is 4.79 Å². The van der Waals surface area contributed by atoms with Gasteiger partial charge >= 0.3 is 5.97 Å². The molecule has 6 nitrogen and oxygen atoms in total. The number of ether oxygens (including phenoxy) is 2. The second kappa shape index (κ2) is 9.12. The number of esters is 1. The molecule has 1 aromatic rings. The maximum absolute atomic E-state index is 12.7. The van der Waals surface area contributed by atoms with E-state index in [1.54, 1.807) is 37.5 Å². The standard InChI is InChI=1S/C19H20N2O4S.ClH/c1-3-4-5-13-11-26-18-15(20)17(22)21(18)16(13)19(23)25-10-12-6-8-14(24-2)9-7-12;/h3-9,15,18H,1,10-11,20H2,2H3;1H/b5-4+;/t15-,18+;/m1./s1. The number of benzene rings is 1. The number of carbonyl (C=O) groups excluding carboxylic acids is 2. The van der Waals surface area contributed by atoms with Crippen LogP contribution in [0.5, 0.6) is 5.75 Å². The summed E-state index contributed by atoms with van der Waals surface area (Å²) in [5.74, 6) is 0.518. The molecule has 0 radical (unpaired) electrons. The van der Waals surface area contributed by atoms with Gasteiger partial charge in [0.1, 0.15) is 29.5 Å². The highest BCUT2D eigenvalue weighted by atomic mass is 35.5. The van der Waals surface area contributed by atoms with Crippen molar-refractivity contribution >= 4 is 36.0 Å². The summed E-state index contributed by atoms with van der Waals surface area (Å²) < 4.78 is 10.6. The minimum absolute atomic E-state index is 0. The number of halogens is 1. The third kappa shape index (κ3) is 4.21. The molecule has 0 bridgehead atoms. The Morgan fingerprint density at radius 3 is 2.74 bits per heavy atom. The quantitative estimate of drug-likeness (QED) is 0.442. The Kier molecular flexibility index (Phi) is 7.12. The molecule has 1 saturated heterocycles. The van der Waals surface area contributed by atoms with Crippen molar-refractivity contribution in [3.63, 3.8) is 0 Å². The Balaban J connectivity index is 0.00000261. The zero-order valence-corrected chi connectivity index (χ0v) is 16.4. The lowest BCUT2D eigenvalue weighted by Gasteiger charge is -2.48. The van der Waals surface area contributed by atoms with Crippen molar-refractivity contribution in [3.05, 3.63) is 65.9 Å². The molecule has 1 amide bonds. The first-order chi connectivity index (χ1) is 12.6. The second-order valence-electron chi connectivity index (χ2n) is 5.83. The van der Waals surface area contributed by atoms with Gasteiger partial charge in [0.05, 0.1) is 7.11 Å². The maximum Gasteiger partial charge on any atom is 0.355 e. The van der Waals surface area contributed by atoms with E-state index in [-0.39, 0.29) is 36.0 Å². The van der Waals surface area contributed by atoms with Gasteiger partial charge in [-0.15, -0.1) is 24.2 Å². The van der Waals surface area contributed by atoms with Gasteiger partial charge in [-0.05, 0) is 23.3 Å². The highest BCUT2D eigenvalue weighted by Crippen LogP contribution is 2.40. The zero-order chi connectivity index (χ0) is 18.7. The Morgan fingerprint density at radius 1 is 1.41 bits per heavy atom. The zero-order valence-electron chi connectivity index (χ0n) is 14.8. The van der Waals surface area contributed by atoms with Crippen molar-refractivity contribution in [2.45, 2.75) is 18.0 Å². The first kappa shape index (κ1) is 21.1. The average Bonchev–Trinajstić information content (AvgIpc) is 2.69. The molecular formula is C19H21ClN2O4S. The van der Waals surface area contributed by atoms with Crippen molar-refractivity contribution in [1.29, 1.82) is 0 Å². The molecule has 3 rings (SSSR count). The number of thioether (sulfide) groups is 1. The van der Waals surface area contributed by atoms with E-state index in [4.69, 9.17) is 15.2 Å². The van der Waals surface area contributed by atoms with Crippen molar-refractivity contribution in [2.24, 2.45) is 5.73 Å². The van der Waals surface area contributed by atoms with Crippen LogP contribution in [0.2, 0.25) is 0 Å². The van der Waals surface area contributed by atoms with Crippen molar-refractivity contribution in [1.82, 2.24) is 4.90 Å². The van der Waals surface area contributed by atoms with E-state index in [0.29, 0.717) is 5.75 Å². The number of nitrogens with zero attached hydrogens (tertiary/aromatic N) is 1. The maximum atomic E-state index is 12.7. The molecule has 0 unspecified atom stereocenters. The number of amides is 1. The van der Waals surface area contributed by atoms with Crippen LogP contribution in [0.1, 0.15) is 5.56 Å². The normalized spacial score (nSPS) is 21.3. The molecule has 2 heterocycles. The highest BCUT2D eigenvalue weighted by molar-refractivity contribution is 8.00. The number of hydrogen-bond donors (Lipinski definition) is 1. The van der Waals surface area contributed by atoms with Gasteiger partial charge < -0.3 is 15.2 Å². The third-order valence-electron chi connectivity index (χ3n) is 4.19. The minimum atomic E-state index is -0.575. The molecule has 1 aromatic carbocycles. The van der Waals surface area contributed by atoms with Gasteiger partial charge in [-0.2, -0.15) is 0 Å². The Bertz CT molecular complexity index is 791. The fourth-order valence-corrected chi connectivity index (χ4v) is 4.05. The molecule has 27 heavy (non-hydrogen) atoms. The van der Waals surface area contributed by atoms with Crippen LogP contribution in [0, 0.1) is 0 Å². The van der Waals surface area contributed by atoms with E-state index in [9.17, 15) is 9.59 Å². The summed E-state index contributed by atoms with van der Waals surface area (Å²) in [6.45, 7) is 3.74. The highest BCUT2D eigenvalue weighted by Gasteiger charge is 2.51. The van der Waals surface area contributed by atoms with Gasteiger partial charge in [0.2, 0.25) is 5.91 Å². The summed E-state index contributed by atoms with van der Waals surface area (Å²) in [7, 11) is 1.59. The molecule has 2 N–H and O–H groups in total. The molecule has 8 heteroatoms. The fourth-order valence-electron chi connectivity index (χ4n) is 2.78. The van der Waals surface area contributed by atoms with Crippen molar-refractivity contribution in [2.75, 3.05) is 12.9 Å².